The van der Waals surface area contributed by atoms with Crippen molar-refractivity contribution in [3.8, 4) is 10.6 Å². The van der Waals surface area contributed by atoms with Crippen LogP contribution >= 0.6 is 11.3 Å². The molecular formula is C22H20F6N6OS. The molecule has 0 aromatic carbocycles. The molecule has 0 aliphatic carbocycles. The fraction of sp³-hybridized carbons (Fsp3) is 0.409. The molecule has 1 unspecified atom stereocenters. The Bertz CT molecular complexity index is 1230. The monoisotopic (exact) mass is 530 g/mol. The number of rotatable bonds is 5. The number of hydrogen-bond acceptors (Lipinski definition) is 7. The molecular weight excluding hydrogens is 510 g/mol. The molecule has 0 saturated carbocycles. The summed E-state index contributed by atoms with van der Waals surface area (Å²) in [5, 5.41) is 3.28. The van der Waals surface area contributed by atoms with E-state index in [-0.39, 0.29) is 23.8 Å². The van der Waals surface area contributed by atoms with Crippen LogP contribution in [-0.2, 0) is 6.18 Å². The molecule has 1 aliphatic heterocycles. The van der Waals surface area contributed by atoms with Gasteiger partial charge in [0.25, 0.3) is 11.8 Å². The summed E-state index contributed by atoms with van der Waals surface area (Å²) < 4.78 is 80.6. The largest absolute Gasteiger partial charge is 0.434 e. The molecule has 14 heteroatoms. The van der Waals surface area contributed by atoms with Gasteiger partial charge in [0.1, 0.15) is 17.3 Å². The topological polar surface area (TPSA) is 83.9 Å². The molecule has 2 atom stereocenters. The molecule has 1 N–H and O–H groups in total. The van der Waals surface area contributed by atoms with Crippen LogP contribution in [0.15, 0.2) is 30.7 Å². The highest BCUT2D eigenvalue weighted by Gasteiger charge is 2.47. The van der Waals surface area contributed by atoms with Gasteiger partial charge in [0, 0.05) is 13.0 Å². The number of piperidine rings is 1. The zero-order valence-corrected chi connectivity index (χ0v) is 19.8. The van der Waals surface area contributed by atoms with Crippen LogP contribution in [0.25, 0.3) is 10.6 Å². The van der Waals surface area contributed by atoms with E-state index in [1.54, 1.807) is 13.8 Å². The Kier molecular flexibility index (Phi) is 6.90. The quantitative estimate of drug-likeness (QED) is 0.465. The van der Waals surface area contributed by atoms with E-state index in [0.717, 1.165) is 28.6 Å². The van der Waals surface area contributed by atoms with Crippen molar-refractivity contribution in [2.75, 3.05) is 18.4 Å². The molecule has 1 fully saturated rings. The number of nitrogens with zero attached hydrogens (tertiary/aromatic N) is 5. The number of hydrogen-bond donors (Lipinski definition) is 1. The van der Waals surface area contributed by atoms with Crippen LogP contribution in [0.2, 0.25) is 0 Å². The second-order valence-electron chi connectivity index (χ2n) is 8.48. The van der Waals surface area contributed by atoms with E-state index in [9.17, 15) is 31.1 Å². The third-order valence-electron chi connectivity index (χ3n) is 5.67. The van der Waals surface area contributed by atoms with Crippen molar-refractivity contribution in [3.05, 3.63) is 52.9 Å². The number of likely N-dealkylation sites (tertiary alicyclic amines) is 1. The molecule has 7 nitrogen and oxygen atoms in total. The second-order valence-corrected chi connectivity index (χ2v) is 9.68. The first kappa shape index (κ1) is 25.8. The number of anilines is 1. The van der Waals surface area contributed by atoms with Crippen LogP contribution in [0.3, 0.4) is 0 Å². The molecule has 3 aromatic heterocycles. The first-order valence-corrected chi connectivity index (χ1v) is 11.6. The second kappa shape index (κ2) is 9.64. The van der Waals surface area contributed by atoms with Crippen molar-refractivity contribution in [3.63, 3.8) is 0 Å². The lowest BCUT2D eigenvalue weighted by molar-refractivity contribution is -0.141. The number of carbonyl (C=O) groups excluding carboxylic acids is 1. The molecule has 36 heavy (non-hydrogen) atoms. The number of halogens is 6. The average molecular weight is 530 g/mol. The van der Waals surface area contributed by atoms with Crippen molar-refractivity contribution in [2.24, 2.45) is 5.92 Å². The van der Waals surface area contributed by atoms with Gasteiger partial charge in [-0.1, -0.05) is 6.92 Å². The number of alkyl halides is 5. The Balaban J connectivity index is 1.60. The third kappa shape index (κ3) is 5.58. The Hall–Kier alpha value is -3.29. The lowest BCUT2D eigenvalue weighted by Gasteiger charge is -2.43. The minimum atomic E-state index is -4.65. The van der Waals surface area contributed by atoms with Crippen LogP contribution in [0, 0.1) is 18.7 Å². The number of nitrogens with one attached hydrogen (secondary N) is 1. The minimum absolute atomic E-state index is 0.000589. The van der Waals surface area contributed by atoms with Crippen molar-refractivity contribution in [1.82, 2.24) is 24.8 Å². The summed E-state index contributed by atoms with van der Waals surface area (Å²) >= 11 is 1.12. The molecule has 0 bridgehead atoms. The summed E-state index contributed by atoms with van der Waals surface area (Å²) in [5.41, 5.74) is -0.978. The first-order valence-electron chi connectivity index (χ1n) is 10.8. The normalized spacial score (nSPS) is 19.8. The van der Waals surface area contributed by atoms with E-state index in [4.69, 9.17) is 0 Å². The number of amides is 1. The predicted octanol–water partition coefficient (Wildman–Crippen LogP) is 5.06. The molecule has 1 saturated heterocycles. The van der Waals surface area contributed by atoms with Crippen LogP contribution in [-0.4, -0.2) is 55.8 Å². The average Bonchev–Trinajstić information content (AvgIpc) is 3.19. The third-order valence-corrected chi connectivity index (χ3v) is 6.66. The van der Waals surface area contributed by atoms with Gasteiger partial charge in [0.2, 0.25) is 0 Å². The molecule has 4 heterocycles. The fourth-order valence-corrected chi connectivity index (χ4v) is 4.93. The van der Waals surface area contributed by atoms with E-state index in [2.05, 4.69) is 25.3 Å². The number of pyridine rings is 1. The number of aryl methyl sites for hydroxylation is 1. The summed E-state index contributed by atoms with van der Waals surface area (Å²) in [5.74, 6) is -5.15. The smallest absolute Gasteiger partial charge is 0.367 e. The Morgan fingerprint density at radius 2 is 1.94 bits per heavy atom. The van der Waals surface area contributed by atoms with Gasteiger partial charge in [-0.05, 0) is 25.0 Å². The molecule has 192 valence electrons. The zero-order valence-electron chi connectivity index (χ0n) is 19.0. The number of thiazole rings is 1. The van der Waals surface area contributed by atoms with Crippen molar-refractivity contribution >= 4 is 23.1 Å². The van der Waals surface area contributed by atoms with Gasteiger partial charge >= 0.3 is 6.18 Å². The molecule has 4 rings (SSSR count). The summed E-state index contributed by atoms with van der Waals surface area (Å²) in [6.07, 6.45) is -2.71. The Morgan fingerprint density at radius 3 is 2.56 bits per heavy atom. The predicted molar refractivity (Wildman–Crippen MR) is 119 cm³/mol. The standard InChI is InChI=1S/C22H20F6N6OS/c1-11-5-21(24,25)10-34(15(11)7-31-17-9-30-16(8-32-17)22(26,27)28)20(35)18-19(36-12(2)33-18)14-4-3-13(23)6-29-14/h3-4,6,8-9,11,15H,5,7,10H2,1-2H3,(H,31,32)/t11-,15?/m1/s1. The Morgan fingerprint density at radius 1 is 1.19 bits per heavy atom. The van der Waals surface area contributed by atoms with Gasteiger partial charge in [-0.2, -0.15) is 13.2 Å². The summed E-state index contributed by atoms with van der Waals surface area (Å²) in [4.78, 5) is 30.1. The van der Waals surface area contributed by atoms with Gasteiger partial charge in [0.15, 0.2) is 5.69 Å². The van der Waals surface area contributed by atoms with Gasteiger partial charge in [-0.15, -0.1) is 11.3 Å². The first-order chi connectivity index (χ1) is 16.8. The maximum atomic E-state index is 14.5. The zero-order chi connectivity index (χ0) is 26.3. The van der Waals surface area contributed by atoms with Crippen molar-refractivity contribution in [1.29, 1.82) is 0 Å². The highest BCUT2D eigenvalue weighted by Crippen LogP contribution is 2.37. The van der Waals surface area contributed by atoms with E-state index in [1.807, 2.05) is 0 Å². The van der Waals surface area contributed by atoms with Crippen LogP contribution in [0.1, 0.15) is 34.5 Å². The van der Waals surface area contributed by atoms with E-state index in [1.165, 1.54) is 12.1 Å². The van der Waals surface area contributed by atoms with E-state index >= 15 is 0 Å². The number of aromatic nitrogens is 4. The van der Waals surface area contributed by atoms with Gasteiger partial charge in [-0.25, -0.2) is 28.1 Å². The summed E-state index contributed by atoms with van der Waals surface area (Å²) in [6.45, 7) is 2.28. The van der Waals surface area contributed by atoms with Crippen molar-refractivity contribution < 1.29 is 31.1 Å². The van der Waals surface area contributed by atoms with Crippen molar-refractivity contribution in [2.45, 2.75) is 38.4 Å². The van der Waals surface area contributed by atoms with Crippen LogP contribution < -0.4 is 5.32 Å². The van der Waals surface area contributed by atoms with Gasteiger partial charge in [0.05, 0.1) is 46.8 Å². The molecule has 0 radical (unpaired) electrons. The molecule has 3 aromatic rings. The van der Waals surface area contributed by atoms with Crippen LogP contribution in [0.4, 0.5) is 32.2 Å². The molecule has 1 aliphatic rings. The maximum Gasteiger partial charge on any atom is 0.434 e. The lowest BCUT2D eigenvalue weighted by Crippen LogP contribution is -2.57. The van der Waals surface area contributed by atoms with Crippen LogP contribution in [0.5, 0.6) is 0 Å². The van der Waals surface area contributed by atoms with Gasteiger partial charge in [-0.3, -0.25) is 9.78 Å². The fourth-order valence-electron chi connectivity index (χ4n) is 4.05. The summed E-state index contributed by atoms with van der Waals surface area (Å²) in [7, 11) is 0. The van der Waals surface area contributed by atoms with E-state index in [0.29, 0.717) is 16.1 Å². The maximum absolute atomic E-state index is 14.5. The minimum Gasteiger partial charge on any atom is -0.367 e. The number of carbonyl (C=O) groups is 1. The molecule has 1 amide bonds. The SMILES string of the molecule is Cc1nc(C(=O)N2CC(F)(F)C[C@@H](C)C2CNc2cnc(C(F)(F)F)cn2)c(-c2ccc(F)cn2)s1. The Labute approximate surface area is 205 Å². The van der Waals surface area contributed by atoms with Gasteiger partial charge < -0.3 is 10.2 Å². The highest BCUT2D eigenvalue weighted by atomic mass is 32.1. The van der Waals surface area contributed by atoms with E-state index < -0.39 is 54.4 Å². The molecule has 0 spiro atoms. The summed E-state index contributed by atoms with van der Waals surface area (Å²) in [6, 6.07) is 1.78. The lowest BCUT2D eigenvalue weighted by atomic mass is 9.88. The highest BCUT2D eigenvalue weighted by molar-refractivity contribution is 7.15.